The zero-order valence-corrected chi connectivity index (χ0v) is 23.4. The van der Waals surface area contributed by atoms with E-state index in [2.05, 4.69) is 26.1 Å². The van der Waals surface area contributed by atoms with Gasteiger partial charge < -0.3 is 20.9 Å². The predicted molar refractivity (Wildman–Crippen MR) is 149 cm³/mol. The molecule has 1 atom stereocenters. The fourth-order valence-corrected chi connectivity index (χ4v) is 6.44. The van der Waals surface area contributed by atoms with E-state index >= 15 is 0 Å². The van der Waals surface area contributed by atoms with Gasteiger partial charge in [0, 0.05) is 56.6 Å². The van der Waals surface area contributed by atoms with Crippen molar-refractivity contribution < 1.29 is 26.8 Å². The molecule has 11 nitrogen and oxygen atoms in total. The molecule has 5 rings (SSSR count). The lowest BCUT2D eigenvalue weighted by molar-refractivity contribution is -0.118. The predicted octanol–water partition coefficient (Wildman–Crippen LogP) is 2.83. The summed E-state index contributed by atoms with van der Waals surface area (Å²) in [5.41, 5.74) is 2.38. The molecule has 2 aliphatic rings. The Morgan fingerprint density at radius 3 is 2.51 bits per heavy atom. The third-order valence-corrected chi connectivity index (χ3v) is 9.08. The molecule has 3 aromatic rings. The Morgan fingerprint density at radius 2 is 1.83 bits per heavy atom. The van der Waals surface area contributed by atoms with Crippen LogP contribution in [0.3, 0.4) is 0 Å². The molecule has 2 amide bonds. The van der Waals surface area contributed by atoms with Gasteiger partial charge in [-0.15, -0.1) is 0 Å². The molecule has 0 aliphatic carbocycles. The highest BCUT2D eigenvalue weighted by atomic mass is 32.2. The van der Waals surface area contributed by atoms with Crippen LogP contribution >= 0.6 is 0 Å². The Hall–Kier alpha value is -3.88. The van der Waals surface area contributed by atoms with E-state index in [0.29, 0.717) is 29.4 Å². The maximum atomic E-state index is 13.8. The van der Waals surface area contributed by atoms with Crippen LogP contribution in [0.15, 0.2) is 41.3 Å². The Morgan fingerprint density at radius 1 is 1.07 bits per heavy atom. The van der Waals surface area contributed by atoms with E-state index in [9.17, 15) is 26.8 Å². The SMILES string of the molecule is CN(C)c1ccc(C(=O)Nc2n[nH]c3c2CN(S(=O)(=O)c2cc(F)cc(F)c2)CC3)c(NC(=O)C2CCCCN2)c1. The van der Waals surface area contributed by atoms with Crippen LogP contribution in [0.4, 0.5) is 26.0 Å². The van der Waals surface area contributed by atoms with Crippen LogP contribution in [-0.2, 0) is 27.8 Å². The number of sulfonamides is 1. The van der Waals surface area contributed by atoms with Crippen molar-refractivity contribution in [3.63, 3.8) is 0 Å². The molecule has 2 aliphatic heterocycles. The number of anilines is 3. The van der Waals surface area contributed by atoms with E-state index in [0.717, 1.165) is 41.5 Å². The number of rotatable bonds is 7. The second-order valence-corrected chi connectivity index (χ2v) is 12.2. The number of hydrogen-bond donors (Lipinski definition) is 4. The molecule has 1 saturated heterocycles. The molecule has 2 aromatic carbocycles. The Kier molecular flexibility index (Phi) is 8.07. The maximum Gasteiger partial charge on any atom is 0.258 e. The van der Waals surface area contributed by atoms with E-state index in [1.807, 2.05) is 19.0 Å². The zero-order valence-electron chi connectivity index (χ0n) is 22.6. The maximum absolute atomic E-state index is 13.8. The largest absolute Gasteiger partial charge is 0.378 e. The highest BCUT2D eigenvalue weighted by Crippen LogP contribution is 2.30. The van der Waals surface area contributed by atoms with Gasteiger partial charge in [-0.05, 0) is 49.7 Å². The molecule has 0 spiro atoms. The summed E-state index contributed by atoms with van der Waals surface area (Å²) in [7, 11) is -0.539. The van der Waals surface area contributed by atoms with Crippen molar-refractivity contribution in [2.75, 3.05) is 42.7 Å². The number of piperidine rings is 1. The zero-order chi connectivity index (χ0) is 29.3. The first-order valence-corrected chi connectivity index (χ1v) is 14.7. The average Bonchev–Trinajstić information content (AvgIpc) is 3.34. The Labute approximate surface area is 236 Å². The van der Waals surface area contributed by atoms with E-state index in [4.69, 9.17) is 0 Å². The van der Waals surface area contributed by atoms with Crippen molar-refractivity contribution in [2.24, 2.45) is 0 Å². The number of fused-ring (bicyclic) bond motifs is 1. The summed E-state index contributed by atoms with van der Waals surface area (Å²) in [5, 5.41) is 15.8. The second kappa shape index (κ2) is 11.5. The minimum absolute atomic E-state index is 0.0560. The first-order valence-electron chi connectivity index (χ1n) is 13.2. The molecule has 0 bridgehead atoms. The van der Waals surface area contributed by atoms with Gasteiger partial charge >= 0.3 is 0 Å². The highest BCUT2D eigenvalue weighted by molar-refractivity contribution is 7.89. The number of carbonyl (C=O) groups is 2. The van der Waals surface area contributed by atoms with Crippen LogP contribution in [-0.4, -0.2) is 68.0 Å². The van der Waals surface area contributed by atoms with Crippen molar-refractivity contribution in [2.45, 2.75) is 43.2 Å². The number of carbonyl (C=O) groups excluding carboxylic acids is 2. The summed E-state index contributed by atoms with van der Waals surface area (Å²) in [6, 6.07) is 6.83. The molecule has 1 aromatic heterocycles. The Bertz CT molecular complexity index is 1570. The normalized spacial score (nSPS) is 17.5. The number of benzene rings is 2. The fourth-order valence-electron chi connectivity index (χ4n) is 4.99. The number of H-pyrrole nitrogens is 1. The van der Waals surface area contributed by atoms with Crippen LogP contribution in [0.1, 0.15) is 40.9 Å². The van der Waals surface area contributed by atoms with Gasteiger partial charge in [0.1, 0.15) is 11.6 Å². The van der Waals surface area contributed by atoms with E-state index in [1.165, 1.54) is 0 Å². The quantitative estimate of drug-likeness (QED) is 0.333. The van der Waals surface area contributed by atoms with Crippen molar-refractivity contribution >= 4 is 39.0 Å². The van der Waals surface area contributed by atoms with Gasteiger partial charge in [0.05, 0.1) is 22.2 Å². The van der Waals surface area contributed by atoms with Crippen molar-refractivity contribution in [1.82, 2.24) is 19.8 Å². The van der Waals surface area contributed by atoms with Gasteiger partial charge in [-0.25, -0.2) is 17.2 Å². The number of nitrogens with zero attached hydrogens (tertiary/aromatic N) is 3. The van der Waals surface area contributed by atoms with Gasteiger partial charge in [-0.1, -0.05) is 6.42 Å². The fraction of sp³-hybridized carbons (Fsp3) is 0.370. The third kappa shape index (κ3) is 6.09. The molecule has 218 valence electrons. The van der Waals surface area contributed by atoms with Gasteiger partial charge in [0.2, 0.25) is 15.9 Å². The Balaban J connectivity index is 1.38. The number of aromatic amines is 1. The first kappa shape index (κ1) is 28.6. The minimum atomic E-state index is -4.23. The lowest BCUT2D eigenvalue weighted by Crippen LogP contribution is -2.43. The molecular weight excluding hydrogens is 556 g/mol. The summed E-state index contributed by atoms with van der Waals surface area (Å²) in [6.45, 7) is 0.632. The van der Waals surface area contributed by atoms with Crippen LogP contribution in [0.25, 0.3) is 0 Å². The van der Waals surface area contributed by atoms with Crippen LogP contribution < -0.4 is 20.9 Å². The van der Waals surface area contributed by atoms with E-state index in [1.54, 1.807) is 18.2 Å². The van der Waals surface area contributed by atoms with Crippen molar-refractivity contribution in [3.8, 4) is 0 Å². The smallest absolute Gasteiger partial charge is 0.258 e. The number of aromatic nitrogens is 2. The molecule has 0 saturated carbocycles. The highest BCUT2D eigenvalue weighted by Gasteiger charge is 2.32. The van der Waals surface area contributed by atoms with Gasteiger partial charge in [-0.3, -0.25) is 14.7 Å². The van der Waals surface area contributed by atoms with Gasteiger partial charge in [0.15, 0.2) is 5.82 Å². The molecule has 0 radical (unpaired) electrons. The molecule has 14 heteroatoms. The summed E-state index contributed by atoms with van der Waals surface area (Å²) in [4.78, 5) is 27.8. The molecule has 4 N–H and O–H groups in total. The van der Waals surface area contributed by atoms with Gasteiger partial charge in [-0.2, -0.15) is 9.40 Å². The molecule has 1 fully saturated rings. The third-order valence-electron chi connectivity index (χ3n) is 7.25. The van der Waals surface area contributed by atoms with Crippen LogP contribution in [0, 0.1) is 11.6 Å². The minimum Gasteiger partial charge on any atom is -0.378 e. The standard InChI is InChI=1S/C27H31F2N7O4S/c1-35(2)18-6-7-20(24(14-18)31-27(38)23-5-3-4-9-30-23)26(37)32-25-21-15-36(10-8-22(21)33-34-25)41(39,40)19-12-16(28)11-17(29)13-19/h6-7,11-14,23,30H,3-5,8-10,15H2,1-2H3,(H,31,38)(H2,32,33,34,37). The summed E-state index contributed by atoms with van der Waals surface area (Å²) < 4.78 is 54.9. The number of nitrogens with one attached hydrogen (secondary N) is 4. The van der Waals surface area contributed by atoms with Crippen molar-refractivity contribution in [3.05, 3.63) is 64.9 Å². The molecule has 1 unspecified atom stereocenters. The second-order valence-electron chi connectivity index (χ2n) is 10.3. The monoisotopic (exact) mass is 587 g/mol. The molecule has 3 heterocycles. The van der Waals surface area contributed by atoms with Crippen LogP contribution in [0.2, 0.25) is 0 Å². The molecule has 41 heavy (non-hydrogen) atoms. The van der Waals surface area contributed by atoms with Gasteiger partial charge in [0.25, 0.3) is 5.91 Å². The topological polar surface area (TPSA) is 140 Å². The summed E-state index contributed by atoms with van der Waals surface area (Å²) >= 11 is 0. The summed E-state index contributed by atoms with van der Waals surface area (Å²) in [6.07, 6.45) is 2.88. The lowest BCUT2D eigenvalue weighted by Gasteiger charge is -2.26. The first-order chi connectivity index (χ1) is 19.5. The average molecular weight is 588 g/mol. The lowest BCUT2D eigenvalue weighted by atomic mass is 10.0. The number of halogens is 2. The summed E-state index contributed by atoms with van der Waals surface area (Å²) in [5.74, 6) is -2.66. The molecular formula is C27H31F2N7O4S. The van der Waals surface area contributed by atoms with E-state index in [-0.39, 0.29) is 42.8 Å². The number of amides is 2. The van der Waals surface area contributed by atoms with Crippen molar-refractivity contribution in [1.29, 1.82) is 0 Å². The number of hydrogen-bond acceptors (Lipinski definition) is 7. The van der Waals surface area contributed by atoms with E-state index < -0.39 is 32.5 Å². The van der Waals surface area contributed by atoms with Crippen LogP contribution in [0.5, 0.6) is 0 Å².